The Morgan fingerprint density at radius 1 is 0.903 bits per heavy atom. The van der Waals surface area contributed by atoms with Gasteiger partial charge in [0.25, 0.3) is 0 Å². The van der Waals surface area contributed by atoms with Crippen LogP contribution in [0.3, 0.4) is 0 Å². The number of benzene rings is 3. The molecule has 7 heteroatoms. The third-order valence-corrected chi connectivity index (χ3v) is 6.11. The Kier molecular flexibility index (Phi) is 5.63. The molecule has 0 aliphatic rings. The summed E-state index contributed by atoms with van der Waals surface area (Å²) in [4.78, 5) is 2.19. The van der Waals surface area contributed by atoms with Crippen LogP contribution in [0.15, 0.2) is 89.8 Å². The third kappa shape index (κ3) is 4.38. The molecule has 0 amide bonds. The highest BCUT2D eigenvalue weighted by molar-refractivity contribution is 7.89. The first-order valence-corrected chi connectivity index (χ1v) is 11.4. The molecule has 1 aromatic heterocycles. The van der Waals surface area contributed by atoms with Gasteiger partial charge in [-0.2, -0.15) is 0 Å². The van der Waals surface area contributed by atoms with Crippen LogP contribution >= 0.6 is 0 Å². The Labute approximate surface area is 182 Å². The van der Waals surface area contributed by atoms with E-state index in [1.165, 1.54) is 17.7 Å². The molecule has 0 unspecified atom stereocenters. The first kappa shape index (κ1) is 20.8. The molecule has 158 valence electrons. The molecule has 31 heavy (non-hydrogen) atoms. The van der Waals surface area contributed by atoms with E-state index in [0.717, 1.165) is 34.9 Å². The predicted octanol–water partition coefficient (Wildman–Crippen LogP) is 4.13. The monoisotopic (exact) mass is 432 g/mol. The molecule has 4 rings (SSSR count). The van der Waals surface area contributed by atoms with Gasteiger partial charge in [0.15, 0.2) is 5.82 Å². The molecule has 0 saturated heterocycles. The molecular weight excluding hydrogens is 408 g/mol. The second-order valence-electron chi connectivity index (χ2n) is 7.46. The van der Waals surface area contributed by atoms with Crippen LogP contribution in [0.5, 0.6) is 0 Å². The summed E-state index contributed by atoms with van der Waals surface area (Å²) >= 11 is 0. The Morgan fingerprint density at radius 3 is 2.06 bits per heavy atom. The van der Waals surface area contributed by atoms with Crippen LogP contribution < -0.4 is 10.0 Å². The van der Waals surface area contributed by atoms with Crippen molar-refractivity contribution >= 4 is 15.8 Å². The fourth-order valence-electron chi connectivity index (χ4n) is 3.68. The summed E-state index contributed by atoms with van der Waals surface area (Å²) in [5.74, 6) is 0.859. The lowest BCUT2D eigenvalue weighted by molar-refractivity contribution is 0.598. The summed E-state index contributed by atoms with van der Waals surface area (Å²) in [5, 5.41) is 10.2. The minimum absolute atomic E-state index is 0.0720. The molecule has 1 heterocycles. The second kappa shape index (κ2) is 8.37. The van der Waals surface area contributed by atoms with E-state index in [-0.39, 0.29) is 4.90 Å². The summed E-state index contributed by atoms with van der Waals surface area (Å²) in [5.41, 5.74) is 4.98. The smallest absolute Gasteiger partial charge is 0.238 e. The molecule has 0 aliphatic heterocycles. The van der Waals surface area contributed by atoms with Crippen molar-refractivity contribution in [1.82, 2.24) is 9.78 Å². The maximum Gasteiger partial charge on any atom is 0.238 e. The van der Waals surface area contributed by atoms with E-state index in [0.29, 0.717) is 0 Å². The van der Waals surface area contributed by atoms with Gasteiger partial charge in [0.2, 0.25) is 10.0 Å². The maximum atomic E-state index is 11.6. The van der Waals surface area contributed by atoms with Crippen molar-refractivity contribution in [2.24, 2.45) is 5.14 Å². The molecule has 0 atom stereocenters. The van der Waals surface area contributed by atoms with Gasteiger partial charge in [-0.3, -0.25) is 0 Å². The van der Waals surface area contributed by atoms with Gasteiger partial charge < -0.3 is 4.90 Å². The highest BCUT2D eigenvalue weighted by Gasteiger charge is 2.20. The lowest BCUT2D eigenvalue weighted by Gasteiger charge is -2.17. The Morgan fingerprint density at radius 2 is 1.48 bits per heavy atom. The number of hydrogen-bond acceptors (Lipinski definition) is 4. The van der Waals surface area contributed by atoms with Crippen LogP contribution in [-0.4, -0.2) is 25.2 Å². The highest BCUT2D eigenvalue weighted by atomic mass is 32.2. The second-order valence-corrected chi connectivity index (χ2v) is 9.02. The molecule has 0 bridgehead atoms. The standard InChI is InChI=1S/C24H24N4O2S/c1-18-23(20-11-7-4-8-12-20)28(21-13-15-22(16-14-21)31(25,29)30)26-24(18)27(2)17-19-9-5-3-6-10-19/h3-16H,17H2,1-2H3,(H2,25,29,30). The van der Waals surface area contributed by atoms with Gasteiger partial charge in [0.1, 0.15) is 0 Å². The zero-order chi connectivity index (χ0) is 22.0. The van der Waals surface area contributed by atoms with E-state index in [4.69, 9.17) is 10.2 Å². The maximum absolute atomic E-state index is 11.6. The lowest BCUT2D eigenvalue weighted by Crippen LogP contribution is -2.18. The van der Waals surface area contributed by atoms with Gasteiger partial charge in [-0.1, -0.05) is 60.7 Å². The van der Waals surface area contributed by atoms with Crippen LogP contribution in [0.4, 0.5) is 5.82 Å². The normalized spacial score (nSPS) is 11.5. The number of hydrogen-bond donors (Lipinski definition) is 1. The zero-order valence-electron chi connectivity index (χ0n) is 17.4. The third-order valence-electron chi connectivity index (χ3n) is 5.18. The van der Waals surface area contributed by atoms with Gasteiger partial charge in [0.05, 0.1) is 16.3 Å². The van der Waals surface area contributed by atoms with Crippen LogP contribution in [0.25, 0.3) is 16.9 Å². The highest BCUT2D eigenvalue weighted by Crippen LogP contribution is 2.33. The molecular formula is C24H24N4O2S. The quantitative estimate of drug-likeness (QED) is 0.497. The van der Waals surface area contributed by atoms with Crippen LogP contribution in [0.2, 0.25) is 0 Å². The van der Waals surface area contributed by atoms with E-state index in [9.17, 15) is 8.42 Å². The van der Waals surface area contributed by atoms with Crippen LogP contribution in [0, 0.1) is 6.92 Å². The molecule has 4 aromatic rings. The van der Waals surface area contributed by atoms with Gasteiger partial charge in [-0.15, -0.1) is 5.10 Å². The number of nitrogens with zero attached hydrogens (tertiary/aromatic N) is 3. The first-order chi connectivity index (χ1) is 14.8. The number of aromatic nitrogens is 2. The molecule has 0 saturated carbocycles. The zero-order valence-corrected chi connectivity index (χ0v) is 18.3. The van der Waals surface area contributed by atoms with Crippen LogP contribution in [-0.2, 0) is 16.6 Å². The van der Waals surface area contributed by atoms with E-state index in [1.807, 2.05) is 60.3 Å². The summed E-state index contributed by atoms with van der Waals surface area (Å²) in [7, 11) is -1.73. The lowest BCUT2D eigenvalue weighted by atomic mass is 10.1. The number of sulfonamides is 1. The van der Waals surface area contributed by atoms with Crippen molar-refractivity contribution in [2.75, 3.05) is 11.9 Å². The van der Waals surface area contributed by atoms with Crippen molar-refractivity contribution in [3.05, 3.63) is 96.1 Å². The van der Waals surface area contributed by atoms with Crippen molar-refractivity contribution in [3.63, 3.8) is 0 Å². The SMILES string of the molecule is Cc1c(N(C)Cc2ccccc2)nn(-c2ccc(S(N)(=O)=O)cc2)c1-c1ccccc1. The minimum Gasteiger partial charge on any atom is -0.354 e. The average Bonchev–Trinajstić information content (AvgIpc) is 3.12. The average molecular weight is 433 g/mol. The molecule has 0 fully saturated rings. The van der Waals surface area contributed by atoms with E-state index in [2.05, 4.69) is 24.0 Å². The largest absolute Gasteiger partial charge is 0.354 e. The number of nitrogens with two attached hydrogens (primary N) is 1. The number of rotatable bonds is 6. The molecule has 6 nitrogen and oxygen atoms in total. The van der Waals surface area contributed by atoms with E-state index < -0.39 is 10.0 Å². The van der Waals surface area contributed by atoms with E-state index >= 15 is 0 Å². The van der Waals surface area contributed by atoms with Crippen molar-refractivity contribution < 1.29 is 8.42 Å². The molecule has 0 spiro atoms. The van der Waals surface area contributed by atoms with Gasteiger partial charge in [0, 0.05) is 24.7 Å². The van der Waals surface area contributed by atoms with E-state index in [1.54, 1.807) is 12.1 Å². The van der Waals surface area contributed by atoms with Gasteiger partial charge in [-0.25, -0.2) is 18.2 Å². The molecule has 2 N–H and O–H groups in total. The summed E-state index contributed by atoms with van der Waals surface area (Å²) in [6.45, 7) is 2.78. The first-order valence-electron chi connectivity index (χ1n) is 9.88. The minimum atomic E-state index is -3.75. The molecule has 0 radical (unpaired) electrons. The fourth-order valence-corrected chi connectivity index (χ4v) is 4.19. The molecule has 3 aromatic carbocycles. The Hall–Kier alpha value is -3.42. The Balaban J connectivity index is 1.81. The summed E-state index contributed by atoms with van der Waals surface area (Å²) in [6, 6.07) is 26.7. The van der Waals surface area contributed by atoms with Crippen molar-refractivity contribution in [3.8, 4) is 16.9 Å². The Bertz CT molecular complexity index is 1280. The number of anilines is 1. The van der Waals surface area contributed by atoms with Gasteiger partial charge >= 0.3 is 0 Å². The fraction of sp³-hybridized carbons (Fsp3) is 0.125. The van der Waals surface area contributed by atoms with Crippen molar-refractivity contribution in [2.45, 2.75) is 18.4 Å². The van der Waals surface area contributed by atoms with Crippen LogP contribution in [0.1, 0.15) is 11.1 Å². The van der Waals surface area contributed by atoms with Gasteiger partial charge in [-0.05, 0) is 36.8 Å². The van der Waals surface area contributed by atoms with Crippen molar-refractivity contribution in [1.29, 1.82) is 0 Å². The number of primary sulfonamides is 1. The predicted molar refractivity (Wildman–Crippen MR) is 124 cm³/mol. The summed E-state index contributed by atoms with van der Waals surface area (Å²) in [6.07, 6.45) is 0. The molecule has 0 aliphatic carbocycles. The summed E-state index contributed by atoms with van der Waals surface area (Å²) < 4.78 is 25.1. The topological polar surface area (TPSA) is 81.2 Å².